The van der Waals surface area contributed by atoms with Crippen LogP contribution in [0.25, 0.3) is 0 Å². The molecule has 23 heavy (non-hydrogen) atoms. The summed E-state index contributed by atoms with van der Waals surface area (Å²) in [5.74, 6) is 0.702. The summed E-state index contributed by atoms with van der Waals surface area (Å²) >= 11 is 1.55. The number of amides is 1. The van der Waals surface area contributed by atoms with Crippen molar-refractivity contribution in [2.24, 2.45) is 5.92 Å². The highest BCUT2D eigenvalue weighted by molar-refractivity contribution is 7.14. The van der Waals surface area contributed by atoms with Crippen molar-refractivity contribution in [1.82, 2.24) is 10.2 Å². The molecule has 0 aromatic carbocycles. The fourth-order valence-corrected chi connectivity index (χ4v) is 4.23. The van der Waals surface area contributed by atoms with Gasteiger partial charge in [-0.15, -0.1) is 11.3 Å². The molecule has 0 bridgehead atoms. The summed E-state index contributed by atoms with van der Waals surface area (Å²) < 4.78 is 5.41. The monoisotopic (exact) mass is 338 g/mol. The lowest BCUT2D eigenvalue weighted by atomic mass is 9.99. The van der Waals surface area contributed by atoms with Crippen LogP contribution in [0.2, 0.25) is 0 Å². The minimum Gasteiger partial charge on any atom is -0.390 e. The molecule has 0 aliphatic carbocycles. The van der Waals surface area contributed by atoms with Gasteiger partial charge >= 0.3 is 0 Å². The molecule has 1 aromatic rings. The highest BCUT2D eigenvalue weighted by atomic mass is 32.1. The van der Waals surface area contributed by atoms with Gasteiger partial charge in [-0.25, -0.2) is 0 Å². The second-order valence-corrected chi connectivity index (χ2v) is 7.85. The normalized spacial score (nSPS) is 21.0. The van der Waals surface area contributed by atoms with Crippen LogP contribution in [0.15, 0.2) is 6.07 Å². The van der Waals surface area contributed by atoms with Crippen LogP contribution in [0, 0.1) is 5.92 Å². The first-order chi connectivity index (χ1) is 11.1. The van der Waals surface area contributed by atoms with Crippen LogP contribution < -0.4 is 5.32 Å². The maximum absolute atomic E-state index is 12.2. The number of piperidine rings is 1. The van der Waals surface area contributed by atoms with Crippen LogP contribution in [0.1, 0.15) is 39.9 Å². The smallest absolute Gasteiger partial charge is 0.261 e. The number of nitrogens with zero attached hydrogens (tertiary/aromatic N) is 1. The zero-order valence-electron chi connectivity index (χ0n) is 13.7. The van der Waals surface area contributed by atoms with Crippen molar-refractivity contribution in [2.75, 3.05) is 32.8 Å². The van der Waals surface area contributed by atoms with E-state index in [1.165, 1.54) is 17.7 Å². The summed E-state index contributed by atoms with van der Waals surface area (Å²) in [6.07, 6.45) is 2.78. The lowest BCUT2D eigenvalue weighted by Gasteiger charge is -2.31. The molecular weight excluding hydrogens is 312 g/mol. The number of carbonyl (C=O) groups is 1. The third-order valence-electron chi connectivity index (χ3n) is 4.69. The summed E-state index contributed by atoms with van der Waals surface area (Å²) in [5.41, 5.74) is 1.13. The molecule has 2 aliphatic rings. The predicted molar refractivity (Wildman–Crippen MR) is 90.9 cm³/mol. The molecule has 2 aliphatic heterocycles. The summed E-state index contributed by atoms with van der Waals surface area (Å²) in [5, 5.41) is 13.0. The van der Waals surface area contributed by atoms with Crippen LogP contribution in [0.3, 0.4) is 0 Å². The van der Waals surface area contributed by atoms with Crippen LogP contribution in [-0.4, -0.2) is 54.8 Å². The number of aliphatic hydroxyl groups is 1. The summed E-state index contributed by atoms with van der Waals surface area (Å²) in [7, 11) is 0. The van der Waals surface area contributed by atoms with E-state index >= 15 is 0 Å². The second kappa shape index (κ2) is 7.75. The number of β-amino-alcohol motifs (C(OH)–C–C–N with tert-alkyl or cyclic N) is 1. The summed E-state index contributed by atoms with van der Waals surface area (Å²) in [6, 6.07) is 1.92. The number of aliphatic hydroxyl groups excluding tert-OH is 1. The van der Waals surface area contributed by atoms with Crippen LogP contribution in [-0.2, 0) is 17.8 Å². The third-order valence-corrected chi connectivity index (χ3v) is 5.93. The maximum atomic E-state index is 12.2. The molecule has 3 heterocycles. The Kier molecular flexibility index (Phi) is 5.69. The Balaban J connectivity index is 1.44. The minimum atomic E-state index is -0.509. The Morgan fingerprint density at radius 3 is 3.04 bits per heavy atom. The van der Waals surface area contributed by atoms with E-state index in [-0.39, 0.29) is 5.91 Å². The molecule has 0 spiro atoms. The van der Waals surface area contributed by atoms with Crippen molar-refractivity contribution in [3.63, 3.8) is 0 Å². The van der Waals surface area contributed by atoms with Crippen LogP contribution >= 0.6 is 11.3 Å². The van der Waals surface area contributed by atoms with E-state index in [0.717, 1.165) is 42.5 Å². The third kappa shape index (κ3) is 4.53. The van der Waals surface area contributed by atoms with Crippen molar-refractivity contribution in [2.45, 2.75) is 38.9 Å². The number of fused-ring (bicyclic) bond motifs is 1. The van der Waals surface area contributed by atoms with Gasteiger partial charge in [0.05, 0.1) is 24.2 Å². The molecule has 1 unspecified atom stereocenters. The Bertz CT molecular complexity index is 514. The van der Waals surface area contributed by atoms with Gasteiger partial charge in [0.2, 0.25) is 0 Å². The second-order valence-electron chi connectivity index (χ2n) is 6.71. The zero-order chi connectivity index (χ0) is 16.2. The largest absolute Gasteiger partial charge is 0.390 e. The number of thiophene rings is 1. The van der Waals surface area contributed by atoms with Gasteiger partial charge in [-0.05, 0) is 43.5 Å². The van der Waals surface area contributed by atoms with Gasteiger partial charge in [-0.3, -0.25) is 4.79 Å². The van der Waals surface area contributed by atoms with E-state index in [9.17, 15) is 9.90 Å². The van der Waals surface area contributed by atoms with Crippen molar-refractivity contribution in [3.05, 3.63) is 21.4 Å². The average molecular weight is 338 g/mol. The van der Waals surface area contributed by atoms with E-state index < -0.39 is 6.10 Å². The first-order valence-corrected chi connectivity index (χ1v) is 9.31. The number of ether oxygens (including phenoxy) is 1. The molecule has 128 valence electrons. The number of likely N-dealkylation sites (tertiary alicyclic amines) is 1. The standard InChI is InChI=1S/C17H26N2O3S/c1-12-2-5-19(6-3-12)10-14(20)9-18-17(21)16-8-13-11-22-7-4-15(13)23-16/h8,12,14,20H,2-7,9-11H2,1H3,(H,18,21). The molecule has 1 fully saturated rings. The molecule has 5 nitrogen and oxygen atoms in total. The van der Waals surface area contributed by atoms with Gasteiger partial charge in [0.15, 0.2) is 0 Å². The van der Waals surface area contributed by atoms with Crippen LogP contribution in [0.4, 0.5) is 0 Å². The number of nitrogens with one attached hydrogen (secondary N) is 1. The minimum absolute atomic E-state index is 0.0873. The predicted octanol–water partition coefficient (Wildman–Crippen LogP) is 1.64. The highest BCUT2D eigenvalue weighted by Gasteiger charge is 2.20. The Hall–Kier alpha value is -0.950. The Morgan fingerprint density at radius 2 is 2.30 bits per heavy atom. The number of carbonyl (C=O) groups excluding carboxylic acids is 1. The van der Waals surface area contributed by atoms with Crippen molar-refractivity contribution >= 4 is 17.2 Å². The highest BCUT2D eigenvalue weighted by Crippen LogP contribution is 2.26. The van der Waals surface area contributed by atoms with Gasteiger partial charge in [0.1, 0.15) is 0 Å². The SMILES string of the molecule is CC1CCN(CC(O)CNC(=O)c2cc3c(s2)CCOC3)CC1. The number of rotatable bonds is 5. The molecule has 2 N–H and O–H groups in total. The van der Waals surface area contributed by atoms with Gasteiger partial charge in [0, 0.05) is 24.4 Å². The van der Waals surface area contributed by atoms with Gasteiger partial charge in [0.25, 0.3) is 5.91 Å². The molecule has 1 atom stereocenters. The molecule has 0 radical (unpaired) electrons. The zero-order valence-corrected chi connectivity index (χ0v) is 14.5. The molecule has 1 saturated heterocycles. The van der Waals surface area contributed by atoms with E-state index in [1.54, 1.807) is 11.3 Å². The molecule has 1 aromatic heterocycles. The quantitative estimate of drug-likeness (QED) is 0.857. The fraction of sp³-hybridized carbons (Fsp3) is 0.706. The van der Waals surface area contributed by atoms with E-state index in [0.29, 0.717) is 19.7 Å². The summed E-state index contributed by atoms with van der Waals surface area (Å²) in [6.45, 7) is 6.66. The molecule has 6 heteroatoms. The lowest BCUT2D eigenvalue weighted by Crippen LogP contribution is -2.42. The molecule has 0 saturated carbocycles. The maximum Gasteiger partial charge on any atom is 0.261 e. The topological polar surface area (TPSA) is 61.8 Å². The average Bonchev–Trinajstić information content (AvgIpc) is 2.99. The Labute approximate surface area is 141 Å². The van der Waals surface area contributed by atoms with Crippen molar-refractivity contribution < 1.29 is 14.6 Å². The fourth-order valence-electron chi connectivity index (χ4n) is 3.16. The van der Waals surface area contributed by atoms with Gasteiger partial charge < -0.3 is 20.1 Å². The lowest BCUT2D eigenvalue weighted by molar-refractivity contribution is 0.0797. The van der Waals surface area contributed by atoms with E-state index in [4.69, 9.17) is 4.74 Å². The molecule has 3 rings (SSSR count). The Morgan fingerprint density at radius 1 is 1.52 bits per heavy atom. The van der Waals surface area contributed by atoms with E-state index in [2.05, 4.69) is 17.1 Å². The molecular formula is C17H26N2O3S. The number of hydrogen-bond acceptors (Lipinski definition) is 5. The number of hydrogen-bond donors (Lipinski definition) is 2. The summed E-state index contributed by atoms with van der Waals surface area (Å²) in [4.78, 5) is 16.5. The van der Waals surface area contributed by atoms with Gasteiger partial charge in [-0.1, -0.05) is 6.92 Å². The molecule has 1 amide bonds. The van der Waals surface area contributed by atoms with E-state index in [1.807, 2.05) is 6.07 Å². The van der Waals surface area contributed by atoms with Crippen molar-refractivity contribution in [3.8, 4) is 0 Å². The first kappa shape index (κ1) is 16.9. The first-order valence-electron chi connectivity index (χ1n) is 8.49. The van der Waals surface area contributed by atoms with Crippen molar-refractivity contribution in [1.29, 1.82) is 0 Å². The van der Waals surface area contributed by atoms with Gasteiger partial charge in [-0.2, -0.15) is 0 Å². The van der Waals surface area contributed by atoms with Crippen LogP contribution in [0.5, 0.6) is 0 Å².